The summed E-state index contributed by atoms with van der Waals surface area (Å²) in [6.07, 6.45) is 6.48. The molecule has 2 fully saturated rings. The first-order valence-electron chi connectivity index (χ1n) is 8.71. The minimum Gasteiger partial charge on any atom is -0.480 e. The Bertz CT molecular complexity index is 545. The van der Waals surface area contributed by atoms with Crippen LogP contribution in [0, 0.1) is 11.8 Å². The van der Waals surface area contributed by atoms with Crippen molar-refractivity contribution in [2.45, 2.75) is 56.9 Å². The Balaban J connectivity index is 1.50. The van der Waals surface area contributed by atoms with Crippen LogP contribution in [0.3, 0.4) is 0 Å². The molecule has 1 aromatic carbocycles. The second kappa shape index (κ2) is 7.16. The Morgan fingerprint density at radius 3 is 2.26 bits per heavy atom. The van der Waals surface area contributed by atoms with Crippen molar-refractivity contribution in [2.24, 2.45) is 11.8 Å². The molecule has 2 aliphatic carbocycles. The SMILES string of the molecule is O=C(NC(CC1CC1)C(=O)O)C1CCC(c2ccccc2)CC1. The van der Waals surface area contributed by atoms with E-state index in [0.29, 0.717) is 18.3 Å². The van der Waals surface area contributed by atoms with Crippen LogP contribution in [0.25, 0.3) is 0 Å². The zero-order chi connectivity index (χ0) is 16.2. The normalized spacial score (nSPS) is 25.6. The number of carbonyl (C=O) groups excluding carboxylic acids is 1. The maximum atomic E-state index is 12.4. The van der Waals surface area contributed by atoms with Gasteiger partial charge in [0.15, 0.2) is 0 Å². The quantitative estimate of drug-likeness (QED) is 0.846. The molecule has 0 bridgehead atoms. The lowest BCUT2D eigenvalue weighted by molar-refractivity contribution is -0.143. The molecule has 0 aromatic heterocycles. The highest BCUT2D eigenvalue weighted by molar-refractivity contribution is 5.85. The van der Waals surface area contributed by atoms with Gasteiger partial charge in [0.25, 0.3) is 0 Å². The minimum atomic E-state index is -0.900. The second-order valence-corrected chi connectivity index (χ2v) is 7.04. The van der Waals surface area contributed by atoms with Gasteiger partial charge in [-0.2, -0.15) is 0 Å². The van der Waals surface area contributed by atoms with Crippen LogP contribution in [-0.2, 0) is 9.59 Å². The molecule has 4 nitrogen and oxygen atoms in total. The van der Waals surface area contributed by atoms with Crippen LogP contribution in [0.5, 0.6) is 0 Å². The molecule has 2 aliphatic rings. The third kappa shape index (κ3) is 4.34. The van der Waals surface area contributed by atoms with E-state index in [1.54, 1.807) is 0 Å². The van der Waals surface area contributed by atoms with Gasteiger partial charge in [0.05, 0.1) is 0 Å². The van der Waals surface area contributed by atoms with Crippen molar-refractivity contribution in [2.75, 3.05) is 0 Å². The summed E-state index contributed by atoms with van der Waals surface area (Å²) >= 11 is 0. The lowest BCUT2D eigenvalue weighted by Crippen LogP contribution is -2.44. The van der Waals surface area contributed by atoms with E-state index in [4.69, 9.17) is 0 Å². The summed E-state index contributed by atoms with van der Waals surface area (Å²) < 4.78 is 0. The van der Waals surface area contributed by atoms with Crippen molar-refractivity contribution < 1.29 is 14.7 Å². The van der Waals surface area contributed by atoms with Gasteiger partial charge in [0, 0.05) is 5.92 Å². The van der Waals surface area contributed by atoms with Crippen molar-refractivity contribution in [3.63, 3.8) is 0 Å². The number of rotatable bonds is 6. The summed E-state index contributed by atoms with van der Waals surface area (Å²) in [6.45, 7) is 0. The summed E-state index contributed by atoms with van der Waals surface area (Å²) in [5.74, 6) is 0.0241. The molecule has 0 aliphatic heterocycles. The Morgan fingerprint density at radius 1 is 1.04 bits per heavy atom. The molecule has 0 spiro atoms. The van der Waals surface area contributed by atoms with Gasteiger partial charge in [0.1, 0.15) is 6.04 Å². The zero-order valence-electron chi connectivity index (χ0n) is 13.4. The first-order chi connectivity index (χ1) is 11.1. The number of amides is 1. The second-order valence-electron chi connectivity index (χ2n) is 7.04. The van der Waals surface area contributed by atoms with Crippen LogP contribution in [0.4, 0.5) is 0 Å². The van der Waals surface area contributed by atoms with Crippen LogP contribution in [0.1, 0.15) is 56.4 Å². The number of aliphatic carboxylic acids is 1. The van der Waals surface area contributed by atoms with Gasteiger partial charge in [-0.15, -0.1) is 0 Å². The van der Waals surface area contributed by atoms with Crippen molar-refractivity contribution in [3.05, 3.63) is 35.9 Å². The summed E-state index contributed by atoms with van der Waals surface area (Å²) in [5, 5.41) is 12.0. The number of nitrogens with one attached hydrogen (secondary N) is 1. The summed E-state index contributed by atoms with van der Waals surface area (Å²) in [5.41, 5.74) is 1.35. The molecule has 124 valence electrons. The maximum Gasteiger partial charge on any atom is 0.326 e. The van der Waals surface area contributed by atoms with Crippen LogP contribution < -0.4 is 5.32 Å². The molecule has 1 aromatic rings. The van der Waals surface area contributed by atoms with Gasteiger partial charge in [-0.1, -0.05) is 43.2 Å². The minimum absolute atomic E-state index is 0.0315. The van der Waals surface area contributed by atoms with E-state index in [-0.39, 0.29) is 11.8 Å². The van der Waals surface area contributed by atoms with Crippen molar-refractivity contribution in [3.8, 4) is 0 Å². The third-order valence-electron chi connectivity index (χ3n) is 5.25. The number of carboxylic acids is 1. The number of hydrogen-bond acceptors (Lipinski definition) is 2. The van der Waals surface area contributed by atoms with E-state index in [1.807, 2.05) is 6.07 Å². The largest absolute Gasteiger partial charge is 0.480 e. The molecule has 1 atom stereocenters. The highest BCUT2D eigenvalue weighted by atomic mass is 16.4. The van der Waals surface area contributed by atoms with Crippen LogP contribution in [0.15, 0.2) is 30.3 Å². The van der Waals surface area contributed by atoms with Gasteiger partial charge in [-0.3, -0.25) is 4.79 Å². The van der Waals surface area contributed by atoms with E-state index >= 15 is 0 Å². The van der Waals surface area contributed by atoms with Gasteiger partial charge in [-0.25, -0.2) is 4.79 Å². The maximum absolute atomic E-state index is 12.4. The summed E-state index contributed by atoms with van der Waals surface area (Å²) in [7, 11) is 0. The average molecular weight is 315 g/mol. The average Bonchev–Trinajstić information content (AvgIpc) is 3.39. The van der Waals surface area contributed by atoms with Gasteiger partial charge < -0.3 is 10.4 Å². The van der Waals surface area contributed by atoms with Crippen LogP contribution >= 0.6 is 0 Å². The first kappa shape index (κ1) is 16.0. The zero-order valence-corrected chi connectivity index (χ0v) is 13.4. The van der Waals surface area contributed by atoms with Crippen molar-refractivity contribution in [1.82, 2.24) is 5.32 Å². The molecule has 2 saturated carbocycles. The Morgan fingerprint density at radius 2 is 1.70 bits per heavy atom. The molecule has 1 amide bonds. The number of carboxylic acid groups (broad SMARTS) is 1. The van der Waals surface area contributed by atoms with Gasteiger partial charge >= 0.3 is 5.97 Å². The summed E-state index contributed by atoms with van der Waals surface area (Å²) in [4.78, 5) is 23.7. The Hall–Kier alpha value is -1.84. The van der Waals surface area contributed by atoms with E-state index in [0.717, 1.165) is 38.5 Å². The molecule has 23 heavy (non-hydrogen) atoms. The number of benzene rings is 1. The van der Waals surface area contributed by atoms with Crippen LogP contribution in [-0.4, -0.2) is 23.0 Å². The standard InChI is InChI=1S/C19H25NO3/c21-18(20-17(19(22)23)12-13-6-7-13)16-10-8-15(9-11-16)14-4-2-1-3-5-14/h1-5,13,15-17H,6-12H2,(H,20,21)(H,22,23). The van der Waals surface area contributed by atoms with E-state index in [1.165, 1.54) is 5.56 Å². The fraction of sp³-hybridized carbons (Fsp3) is 0.579. The molecule has 0 radical (unpaired) electrons. The molecule has 2 N–H and O–H groups in total. The lowest BCUT2D eigenvalue weighted by Gasteiger charge is -2.29. The van der Waals surface area contributed by atoms with E-state index < -0.39 is 12.0 Å². The van der Waals surface area contributed by atoms with E-state index in [2.05, 4.69) is 29.6 Å². The lowest BCUT2D eigenvalue weighted by atomic mass is 9.78. The first-order valence-corrected chi connectivity index (χ1v) is 8.71. The number of carbonyl (C=O) groups is 2. The van der Waals surface area contributed by atoms with Gasteiger partial charge in [-0.05, 0) is 49.5 Å². The molecule has 3 rings (SSSR count). The fourth-order valence-corrected chi connectivity index (χ4v) is 3.61. The third-order valence-corrected chi connectivity index (χ3v) is 5.25. The topological polar surface area (TPSA) is 66.4 Å². The predicted molar refractivity (Wildman–Crippen MR) is 88.0 cm³/mol. The Kier molecular flexibility index (Phi) is 4.99. The molecular formula is C19H25NO3. The molecule has 4 heteroatoms. The molecular weight excluding hydrogens is 290 g/mol. The molecule has 0 heterocycles. The summed E-state index contributed by atoms with van der Waals surface area (Å²) in [6, 6.07) is 9.74. The van der Waals surface area contributed by atoms with Crippen LogP contribution in [0.2, 0.25) is 0 Å². The Labute approximate surface area is 137 Å². The monoisotopic (exact) mass is 315 g/mol. The van der Waals surface area contributed by atoms with Crippen molar-refractivity contribution in [1.29, 1.82) is 0 Å². The number of hydrogen-bond donors (Lipinski definition) is 2. The highest BCUT2D eigenvalue weighted by Gasteiger charge is 2.33. The predicted octanol–water partition coefficient (Wildman–Crippen LogP) is 3.33. The fourth-order valence-electron chi connectivity index (χ4n) is 3.61. The van der Waals surface area contributed by atoms with E-state index in [9.17, 15) is 14.7 Å². The smallest absolute Gasteiger partial charge is 0.326 e. The molecule has 1 unspecified atom stereocenters. The molecule has 0 saturated heterocycles. The highest BCUT2D eigenvalue weighted by Crippen LogP contribution is 2.36. The van der Waals surface area contributed by atoms with Gasteiger partial charge in [0.2, 0.25) is 5.91 Å². The van der Waals surface area contributed by atoms with Crippen molar-refractivity contribution >= 4 is 11.9 Å².